The summed E-state index contributed by atoms with van der Waals surface area (Å²) in [5.74, 6) is 0.965. The number of nitrogens with one attached hydrogen (secondary N) is 2. The first kappa shape index (κ1) is 16.9. The minimum atomic E-state index is -0.301. The van der Waals surface area contributed by atoms with Crippen LogP contribution in [0.25, 0.3) is 0 Å². The van der Waals surface area contributed by atoms with Crippen molar-refractivity contribution in [3.63, 3.8) is 0 Å². The van der Waals surface area contributed by atoms with Crippen molar-refractivity contribution in [2.24, 2.45) is 0 Å². The summed E-state index contributed by atoms with van der Waals surface area (Å²) in [4.78, 5) is 16.4. The number of aromatic nitrogens is 1. The highest BCUT2D eigenvalue weighted by Crippen LogP contribution is 2.15. The molecule has 0 aliphatic carbocycles. The van der Waals surface area contributed by atoms with E-state index >= 15 is 0 Å². The van der Waals surface area contributed by atoms with Crippen LogP contribution in [-0.4, -0.2) is 22.1 Å². The number of hydrogen-bond donors (Lipinski definition) is 2. The number of benzene rings is 1. The second-order valence-electron chi connectivity index (χ2n) is 5.27. The fourth-order valence-corrected chi connectivity index (χ4v) is 2.10. The average Bonchev–Trinajstić information content (AvgIpc) is 2.49. The molecule has 1 heterocycles. The largest absolute Gasteiger partial charge is 0.491 e. The van der Waals surface area contributed by atoms with Crippen molar-refractivity contribution in [3.05, 3.63) is 53.7 Å². The van der Waals surface area contributed by atoms with Gasteiger partial charge in [-0.2, -0.15) is 0 Å². The van der Waals surface area contributed by atoms with E-state index in [1.54, 1.807) is 24.4 Å². The maximum Gasteiger partial charge on any atom is 0.257 e. The number of pyridine rings is 1. The van der Waals surface area contributed by atoms with Crippen LogP contribution < -0.4 is 15.4 Å². The number of carbonyl (C=O) groups is 1. The summed E-state index contributed by atoms with van der Waals surface area (Å²) < 4.78 is 5.58. The second kappa shape index (κ2) is 7.69. The Morgan fingerprint density at radius 3 is 2.74 bits per heavy atom. The van der Waals surface area contributed by atoms with Gasteiger partial charge in [-0.1, -0.05) is 12.1 Å². The number of thiocarbonyl (C=S) groups is 1. The molecule has 0 fully saturated rings. The number of hydrogen-bond acceptors (Lipinski definition) is 4. The van der Waals surface area contributed by atoms with Crippen molar-refractivity contribution in [2.45, 2.75) is 26.9 Å². The van der Waals surface area contributed by atoms with Crippen LogP contribution >= 0.6 is 12.2 Å². The summed E-state index contributed by atoms with van der Waals surface area (Å²) in [6.45, 7) is 5.77. The Hall–Kier alpha value is -2.47. The Bertz CT molecular complexity index is 716. The van der Waals surface area contributed by atoms with E-state index in [9.17, 15) is 4.79 Å². The molecule has 2 rings (SSSR count). The Labute approximate surface area is 141 Å². The van der Waals surface area contributed by atoms with Gasteiger partial charge in [0.15, 0.2) is 5.11 Å². The van der Waals surface area contributed by atoms with Crippen molar-refractivity contribution in [1.82, 2.24) is 10.3 Å². The zero-order chi connectivity index (χ0) is 16.8. The molecule has 1 aromatic heterocycles. The minimum Gasteiger partial charge on any atom is -0.491 e. The van der Waals surface area contributed by atoms with E-state index in [0.29, 0.717) is 17.1 Å². The standard InChI is InChI=1S/C17H19N3O2S/c1-11(2)22-14-8-4-7-13(10-14)16(21)20-17(23)19-15-12(3)6-5-9-18-15/h4-11H,1-3H3,(H2,18,19,20,21,23). The first-order valence-electron chi connectivity index (χ1n) is 7.26. The van der Waals surface area contributed by atoms with Crippen LogP contribution in [0, 0.1) is 6.92 Å². The summed E-state index contributed by atoms with van der Waals surface area (Å²) in [5, 5.41) is 5.75. The van der Waals surface area contributed by atoms with E-state index in [0.717, 1.165) is 5.56 Å². The number of anilines is 1. The molecule has 23 heavy (non-hydrogen) atoms. The molecule has 6 heteroatoms. The van der Waals surface area contributed by atoms with Gasteiger partial charge in [-0.05, 0) is 62.8 Å². The molecular weight excluding hydrogens is 310 g/mol. The summed E-state index contributed by atoms with van der Waals surface area (Å²) in [6, 6.07) is 10.7. The first-order valence-corrected chi connectivity index (χ1v) is 7.67. The maximum absolute atomic E-state index is 12.3. The van der Waals surface area contributed by atoms with Gasteiger partial charge < -0.3 is 10.1 Å². The van der Waals surface area contributed by atoms with Crippen LogP contribution in [0.5, 0.6) is 5.75 Å². The number of rotatable bonds is 4. The summed E-state index contributed by atoms with van der Waals surface area (Å²) in [6.07, 6.45) is 1.70. The quantitative estimate of drug-likeness (QED) is 0.843. The topological polar surface area (TPSA) is 63.2 Å². The Kier molecular flexibility index (Phi) is 5.65. The van der Waals surface area contributed by atoms with Crippen molar-refractivity contribution < 1.29 is 9.53 Å². The second-order valence-corrected chi connectivity index (χ2v) is 5.68. The fraction of sp³-hybridized carbons (Fsp3) is 0.235. The van der Waals surface area contributed by atoms with Crippen LogP contribution in [-0.2, 0) is 0 Å². The minimum absolute atomic E-state index is 0.0446. The van der Waals surface area contributed by atoms with Crippen LogP contribution in [0.4, 0.5) is 5.82 Å². The molecule has 0 aliphatic rings. The van der Waals surface area contributed by atoms with Gasteiger partial charge in [0.2, 0.25) is 0 Å². The zero-order valence-electron chi connectivity index (χ0n) is 13.3. The third kappa shape index (κ3) is 5.03. The zero-order valence-corrected chi connectivity index (χ0v) is 14.1. The normalized spacial score (nSPS) is 10.3. The van der Waals surface area contributed by atoms with Gasteiger partial charge in [0.1, 0.15) is 11.6 Å². The van der Waals surface area contributed by atoms with Gasteiger partial charge in [0, 0.05) is 11.8 Å². The van der Waals surface area contributed by atoms with Gasteiger partial charge in [-0.15, -0.1) is 0 Å². The van der Waals surface area contributed by atoms with Crippen molar-refractivity contribution in [1.29, 1.82) is 0 Å². The number of carbonyl (C=O) groups excluding carboxylic acids is 1. The third-order valence-electron chi connectivity index (χ3n) is 2.94. The lowest BCUT2D eigenvalue weighted by molar-refractivity contribution is 0.0977. The summed E-state index contributed by atoms with van der Waals surface area (Å²) in [5.41, 5.74) is 1.42. The summed E-state index contributed by atoms with van der Waals surface area (Å²) >= 11 is 5.16. The van der Waals surface area contributed by atoms with E-state index in [4.69, 9.17) is 17.0 Å². The fourth-order valence-electron chi connectivity index (χ4n) is 1.91. The SMILES string of the molecule is Cc1cccnc1NC(=S)NC(=O)c1cccc(OC(C)C)c1. The lowest BCUT2D eigenvalue weighted by Gasteiger charge is -2.12. The lowest BCUT2D eigenvalue weighted by atomic mass is 10.2. The van der Waals surface area contributed by atoms with Crippen LogP contribution in [0.15, 0.2) is 42.6 Å². The lowest BCUT2D eigenvalue weighted by Crippen LogP contribution is -2.34. The Balaban J connectivity index is 2.01. The van der Waals surface area contributed by atoms with E-state index in [1.807, 2.05) is 39.0 Å². The third-order valence-corrected chi connectivity index (χ3v) is 3.14. The number of amides is 1. The molecule has 0 aliphatic heterocycles. The average molecular weight is 329 g/mol. The van der Waals surface area contributed by atoms with Crippen molar-refractivity contribution in [2.75, 3.05) is 5.32 Å². The van der Waals surface area contributed by atoms with E-state index in [1.165, 1.54) is 0 Å². The van der Waals surface area contributed by atoms with Gasteiger partial charge in [0.05, 0.1) is 6.10 Å². The first-order chi connectivity index (χ1) is 11.0. The maximum atomic E-state index is 12.3. The van der Waals surface area contributed by atoms with E-state index < -0.39 is 0 Å². The van der Waals surface area contributed by atoms with Gasteiger partial charge in [-0.25, -0.2) is 4.98 Å². The molecular formula is C17H19N3O2S. The van der Waals surface area contributed by atoms with Crippen molar-refractivity contribution >= 4 is 29.1 Å². The van der Waals surface area contributed by atoms with Crippen molar-refractivity contribution in [3.8, 4) is 5.75 Å². The van der Waals surface area contributed by atoms with Crippen LogP contribution in [0.1, 0.15) is 29.8 Å². The molecule has 120 valence electrons. The van der Waals surface area contributed by atoms with E-state index in [-0.39, 0.29) is 17.1 Å². The molecule has 0 unspecified atom stereocenters. The Morgan fingerprint density at radius 1 is 1.26 bits per heavy atom. The predicted octanol–water partition coefficient (Wildman–Crippen LogP) is 3.30. The van der Waals surface area contributed by atoms with Crippen LogP contribution in [0.3, 0.4) is 0 Å². The predicted molar refractivity (Wildman–Crippen MR) is 94.9 cm³/mol. The molecule has 2 N–H and O–H groups in total. The molecule has 0 bridgehead atoms. The molecule has 1 amide bonds. The molecule has 5 nitrogen and oxygen atoms in total. The van der Waals surface area contributed by atoms with Crippen LogP contribution in [0.2, 0.25) is 0 Å². The number of aryl methyl sites for hydroxylation is 1. The molecule has 2 aromatic rings. The van der Waals surface area contributed by atoms with Gasteiger partial charge >= 0.3 is 0 Å². The van der Waals surface area contributed by atoms with E-state index in [2.05, 4.69) is 15.6 Å². The Morgan fingerprint density at radius 2 is 2.04 bits per heavy atom. The highest BCUT2D eigenvalue weighted by molar-refractivity contribution is 7.80. The monoisotopic (exact) mass is 329 g/mol. The van der Waals surface area contributed by atoms with Gasteiger partial charge in [-0.3, -0.25) is 10.1 Å². The number of ether oxygens (including phenoxy) is 1. The summed E-state index contributed by atoms with van der Waals surface area (Å²) in [7, 11) is 0. The van der Waals surface area contributed by atoms with Gasteiger partial charge in [0.25, 0.3) is 5.91 Å². The smallest absolute Gasteiger partial charge is 0.257 e. The molecule has 0 saturated carbocycles. The highest BCUT2D eigenvalue weighted by Gasteiger charge is 2.10. The molecule has 0 atom stereocenters. The highest BCUT2D eigenvalue weighted by atomic mass is 32.1. The molecule has 0 spiro atoms. The molecule has 0 saturated heterocycles. The number of nitrogens with zero attached hydrogens (tertiary/aromatic N) is 1. The molecule has 1 aromatic carbocycles. The molecule has 0 radical (unpaired) electrons.